The lowest BCUT2D eigenvalue weighted by Crippen LogP contribution is -1.77. The van der Waals surface area contributed by atoms with Crippen LogP contribution in [-0.4, -0.2) is 20.9 Å². The molecule has 0 unspecified atom stereocenters. The van der Waals surface area contributed by atoms with Gasteiger partial charge in [0, 0.05) is 10.8 Å². The summed E-state index contributed by atoms with van der Waals surface area (Å²) in [6, 6.07) is 0. The maximum Gasteiger partial charge on any atom is 0.277 e. The molecule has 0 aliphatic carbocycles. The highest BCUT2D eigenvalue weighted by Crippen LogP contribution is 2.30. The number of thioether (sulfide) groups is 1. The summed E-state index contributed by atoms with van der Waals surface area (Å²) in [6.45, 7) is 7.48. The Kier molecular flexibility index (Phi) is 3.86. The van der Waals surface area contributed by atoms with Crippen LogP contribution in [0.25, 0.3) is 10.8 Å². The van der Waals surface area contributed by atoms with Crippen molar-refractivity contribution in [1.82, 2.24) is 15.2 Å². The van der Waals surface area contributed by atoms with Gasteiger partial charge in [-0.3, -0.25) is 0 Å². The molecule has 2 heterocycles. The van der Waals surface area contributed by atoms with E-state index in [1.807, 2.05) is 13.8 Å². The first-order chi connectivity index (χ1) is 8.06. The molecule has 0 N–H and O–H groups in total. The second-order valence-corrected chi connectivity index (χ2v) is 5.99. The van der Waals surface area contributed by atoms with Gasteiger partial charge in [-0.1, -0.05) is 29.9 Å². The molecule has 0 spiro atoms. The summed E-state index contributed by atoms with van der Waals surface area (Å²) in [6.07, 6.45) is 0. The highest BCUT2D eigenvalue weighted by molar-refractivity contribution is 7.99. The Labute approximate surface area is 112 Å². The van der Waals surface area contributed by atoms with Gasteiger partial charge in [0.25, 0.3) is 11.1 Å². The van der Waals surface area contributed by atoms with E-state index in [1.165, 1.54) is 11.8 Å². The lowest BCUT2D eigenvalue weighted by molar-refractivity contribution is 0.467. The topological polar surface area (TPSA) is 51.8 Å². The molecule has 0 saturated carbocycles. The van der Waals surface area contributed by atoms with Crippen LogP contribution in [0.4, 0.5) is 0 Å². The summed E-state index contributed by atoms with van der Waals surface area (Å²) in [5.41, 5.74) is 0.912. The smallest absolute Gasteiger partial charge is 0.277 e. The minimum Gasteiger partial charge on any atom is -0.410 e. The highest BCUT2D eigenvalue weighted by Gasteiger charge is 2.14. The van der Waals surface area contributed by atoms with Gasteiger partial charge in [0.1, 0.15) is 4.88 Å². The minimum atomic E-state index is 0.493. The monoisotopic (exact) mass is 287 g/mol. The fourth-order valence-electron chi connectivity index (χ4n) is 1.23. The van der Waals surface area contributed by atoms with E-state index in [0.717, 1.165) is 15.6 Å². The molecule has 0 radical (unpaired) electrons. The zero-order chi connectivity index (χ0) is 12.4. The number of thiazole rings is 1. The van der Waals surface area contributed by atoms with Crippen molar-refractivity contribution in [3.8, 4) is 10.8 Å². The minimum absolute atomic E-state index is 0.493. The molecule has 0 aliphatic rings. The Morgan fingerprint density at radius 2 is 2.24 bits per heavy atom. The van der Waals surface area contributed by atoms with Gasteiger partial charge in [-0.15, -0.1) is 21.5 Å². The van der Waals surface area contributed by atoms with Crippen LogP contribution in [0.3, 0.4) is 0 Å². The number of halogens is 1. The average molecular weight is 288 g/mol. The van der Waals surface area contributed by atoms with E-state index in [2.05, 4.69) is 21.8 Å². The van der Waals surface area contributed by atoms with Crippen LogP contribution in [0, 0.1) is 13.8 Å². The highest BCUT2D eigenvalue weighted by atomic mass is 35.5. The van der Waals surface area contributed by atoms with Crippen LogP contribution in [0.15, 0.2) is 21.3 Å². The lowest BCUT2D eigenvalue weighted by Gasteiger charge is -1.91. The van der Waals surface area contributed by atoms with E-state index < -0.39 is 0 Å². The van der Waals surface area contributed by atoms with Gasteiger partial charge in [0.15, 0.2) is 0 Å². The Bertz CT molecular complexity index is 549. The molecule has 2 aromatic rings. The third-order valence-corrected chi connectivity index (χ3v) is 4.11. The van der Waals surface area contributed by atoms with Crippen molar-refractivity contribution >= 4 is 34.7 Å². The van der Waals surface area contributed by atoms with E-state index in [9.17, 15) is 0 Å². The molecule has 2 aromatic heterocycles. The number of hydrogen-bond acceptors (Lipinski definition) is 6. The second-order valence-electron chi connectivity index (χ2n) is 3.33. The van der Waals surface area contributed by atoms with Gasteiger partial charge in [-0.05, 0) is 13.8 Å². The number of aryl methyl sites for hydroxylation is 2. The number of nitrogens with zero attached hydrogens (tertiary/aromatic N) is 3. The second kappa shape index (κ2) is 5.20. The van der Waals surface area contributed by atoms with Crippen molar-refractivity contribution in [2.24, 2.45) is 0 Å². The summed E-state index contributed by atoms with van der Waals surface area (Å²) in [5, 5.41) is 9.97. The summed E-state index contributed by atoms with van der Waals surface area (Å²) >= 11 is 8.58. The standard InChI is InChI=1S/C10H10ClN3OS2/c1-5(11)4-16-10-14-13-9(15-10)8-6(2)12-7(3)17-8/h1,4H2,2-3H3. The quantitative estimate of drug-likeness (QED) is 0.803. The van der Waals surface area contributed by atoms with E-state index in [4.69, 9.17) is 16.0 Å². The van der Waals surface area contributed by atoms with Crippen LogP contribution in [0.5, 0.6) is 0 Å². The molecule has 0 fully saturated rings. The van der Waals surface area contributed by atoms with Crippen molar-refractivity contribution in [2.75, 3.05) is 5.75 Å². The molecule has 0 aromatic carbocycles. The Hall–Kier alpha value is -0.850. The van der Waals surface area contributed by atoms with Crippen molar-refractivity contribution < 1.29 is 4.42 Å². The first kappa shape index (κ1) is 12.6. The third kappa shape index (κ3) is 3.08. The van der Waals surface area contributed by atoms with E-state index in [1.54, 1.807) is 11.3 Å². The molecule has 7 heteroatoms. The Balaban J connectivity index is 2.18. The molecule has 0 aliphatic heterocycles. The van der Waals surface area contributed by atoms with Crippen LogP contribution >= 0.6 is 34.7 Å². The van der Waals surface area contributed by atoms with E-state index >= 15 is 0 Å². The predicted octanol–water partition coefficient (Wildman–Crippen LogP) is 3.65. The summed E-state index contributed by atoms with van der Waals surface area (Å²) in [7, 11) is 0. The number of hydrogen-bond donors (Lipinski definition) is 0. The molecule has 2 rings (SSSR count). The van der Waals surface area contributed by atoms with Crippen molar-refractivity contribution in [3.63, 3.8) is 0 Å². The van der Waals surface area contributed by atoms with E-state index in [0.29, 0.717) is 21.9 Å². The van der Waals surface area contributed by atoms with Gasteiger partial charge < -0.3 is 4.42 Å². The van der Waals surface area contributed by atoms with Gasteiger partial charge in [-0.25, -0.2) is 4.98 Å². The van der Waals surface area contributed by atoms with Crippen molar-refractivity contribution in [1.29, 1.82) is 0 Å². The van der Waals surface area contributed by atoms with Crippen LogP contribution in [0.1, 0.15) is 10.7 Å². The zero-order valence-corrected chi connectivity index (χ0v) is 11.7. The zero-order valence-electron chi connectivity index (χ0n) is 9.36. The Morgan fingerprint density at radius 1 is 1.47 bits per heavy atom. The fraction of sp³-hybridized carbons (Fsp3) is 0.300. The first-order valence-electron chi connectivity index (χ1n) is 4.80. The number of rotatable bonds is 4. The van der Waals surface area contributed by atoms with Gasteiger partial charge in [-0.2, -0.15) is 0 Å². The Morgan fingerprint density at radius 3 is 2.82 bits per heavy atom. The lowest BCUT2D eigenvalue weighted by atomic mass is 10.4. The molecule has 4 nitrogen and oxygen atoms in total. The molecule has 0 atom stereocenters. The van der Waals surface area contributed by atoms with Crippen molar-refractivity contribution in [2.45, 2.75) is 19.1 Å². The molecule has 0 bridgehead atoms. The first-order valence-corrected chi connectivity index (χ1v) is 6.98. The molecular formula is C10H10ClN3OS2. The molecule has 90 valence electrons. The summed E-state index contributed by atoms with van der Waals surface area (Å²) in [4.78, 5) is 5.24. The third-order valence-electron chi connectivity index (χ3n) is 1.86. The average Bonchev–Trinajstić information content (AvgIpc) is 2.82. The molecule has 17 heavy (non-hydrogen) atoms. The predicted molar refractivity (Wildman–Crippen MR) is 70.6 cm³/mol. The van der Waals surface area contributed by atoms with Crippen LogP contribution in [-0.2, 0) is 0 Å². The maximum absolute atomic E-state index is 5.67. The summed E-state index contributed by atoms with van der Waals surface area (Å²) in [5.74, 6) is 1.07. The number of aromatic nitrogens is 3. The largest absolute Gasteiger partial charge is 0.410 e. The molecule has 0 saturated heterocycles. The fourth-order valence-corrected chi connectivity index (χ4v) is 2.75. The van der Waals surface area contributed by atoms with E-state index in [-0.39, 0.29) is 0 Å². The molecule has 0 amide bonds. The summed E-state index contributed by atoms with van der Waals surface area (Å²) < 4.78 is 5.53. The van der Waals surface area contributed by atoms with Crippen molar-refractivity contribution in [3.05, 3.63) is 22.3 Å². The normalized spacial score (nSPS) is 10.8. The van der Waals surface area contributed by atoms with Gasteiger partial charge >= 0.3 is 0 Å². The molecular weight excluding hydrogens is 278 g/mol. The van der Waals surface area contributed by atoms with Gasteiger partial charge in [0.2, 0.25) is 0 Å². The van der Waals surface area contributed by atoms with Gasteiger partial charge in [0.05, 0.1) is 10.7 Å². The van der Waals surface area contributed by atoms with Crippen LogP contribution < -0.4 is 0 Å². The maximum atomic E-state index is 5.67. The van der Waals surface area contributed by atoms with Crippen LogP contribution in [0.2, 0.25) is 0 Å². The SMILES string of the molecule is C=C(Cl)CSc1nnc(-c2sc(C)nc2C)o1.